The van der Waals surface area contributed by atoms with Gasteiger partial charge in [-0.15, -0.1) is 0 Å². The first kappa shape index (κ1) is 16.9. The Balaban J connectivity index is 1.81. The molecule has 9 heteroatoms. The zero-order chi connectivity index (χ0) is 18.0. The van der Waals surface area contributed by atoms with Crippen molar-refractivity contribution in [3.05, 3.63) is 45.1 Å². The van der Waals surface area contributed by atoms with Crippen LogP contribution in [0.5, 0.6) is 0 Å². The van der Waals surface area contributed by atoms with Gasteiger partial charge in [-0.25, -0.2) is 4.79 Å². The molecule has 1 aromatic carbocycles. The van der Waals surface area contributed by atoms with Crippen molar-refractivity contribution in [1.82, 2.24) is 14.5 Å². The highest BCUT2D eigenvalue weighted by Crippen LogP contribution is 2.09. The number of carboxylic acids is 1. The summed E-state index contributed by atoms with van der Waals surface area (Å²) in [6, 6.07) is 6.56. The molecule has 1 amide bonds. The fourth-order valence-corrected chi connectivity index (χ4v) is 2.84. The molecule has 0 spiro atoms. The third-order valence-electron chi connectivity index (χ3n) is 4.08. The van der Waals surface area contributed by atoms with Crippen molar-refractivity contribution < 1.29 is 19.4 Å². The van der Waals surface area contributed by atoms with E-state index in [9.17, 15) is 19.2 Å². The Labute approximate surface area is 141 Å². The molecule has 1 fully saturated rings. The fourth-order valence-electron chi connectivity index (χ4n) is 2.84. The van der Waals surface area contributed by atoms with Crippen molar-refractivity contribution in [2.24, 2.45) is 0 Å². The summed E-state index contributed by atoms with van der Waals surface area (Å²) < 4.78 is 6.17. The molecule has 0 aliphatic carbocycles. The number of benzene rings is 1. The van der Waals surface area contributed by atoms with Crippen LogP contribution in [-0.4, -0.2) is 57.2 Å². The number of hydrogen-bond donors (Lipinski definition) is 2. The number of rotatable bonds is 4. The number of aromatic nitrogens is 2. The molecule has 2 N–H and O–H groups in total. The van der Waals surface area contributed by atoms with E-state index in [1.807, 2.05) is 0 Å². The van der Waals surface area contributed by atoms with Crippen LogP contribution in [0.3, 0.4) is 0 Å². The van der Waals surface area contributed by atoms with Crippen molar-refractivity contribution in [3.8, 4) is 0 Å². The molecule has 2 heterocycles. The summed E-state index contributed by atoms with van der Waals surface area (Å²) in [7, 11) is 0. The Hall–Kier alpha value is -2.94. The maximum atomic E-state index is 12.4. The van der Waals surface area contributed by atoms with Crippen molar-refractivity contribution >= 4 is 22.8 Å². The lowest BCUT2D eigenvalue weighted by molar-refractivity contribution is -0.148. The second-order valence-electron chi connectivity index (χ2n) is 5.80. The van der Waals surface area contributed by atoms with Gasteiger partial charge in [0, 0.05) is 13.1 Å². The van der Waals surface area contributed by atoms with Crippen LogP contribution in [0.15, 0.2) is 33.9 Å². The van der Waals surface area contributed by atoms with Crippen molar-refractivity contribution in [1.29, 1.82) is 0 Å². The molecule has 0 bridgehead atoms. The Morgan fingerprint density at radius 3 is 2.80 bits per heavy atom. The van der Waals surface area contributed by atoms with Gasteiger partial charge in [0.15, 0.2) is 0 Å². The molecule has 0 radical (unpaired) electrons. The minimum absolute atomic E-state index is 0.116. The maximum Gasteiger partial charge on any atom is 0.329 e. The predicted molar refractivity (Wildman–Crippen MR) is 87.4 cm³/mol. The van der Waals surface area contributed by atoms with Gasteiger partial charge >= 0.3 is 11.7 Å². The molecule has 1 aromatic heterocycles. The molecule has 1 aliphatic heterocycles. The maximum absolute atomic E-state index is 12.4. The number of fused-ring (bicyclic) bond motifs is 1. The van der Waals surface area contributed by atoms with Gasteiger partial charge in [0.2, 0.25) is 5.91 Å². The molecule has 25 heavy (non-hydrogen) atoms. The second kappa shape index (κ2) is 6.89. The van der Waals surface area contributed by atoms with E-state index in [4.69, 9.17) is 9.84 Å². The zero-order valence-corrected chi connectivity index (χ0v) is 13.3. The molecule has 9 nitrogen and oxygen atoms in total. The molecular formula is C16H17N3O6. The average Bonchev–Trinajstić information content (AvgIpc) is 2.58. The van der Waals surface area contributed by atoms with E-state index >= 15 is 0 Å². The number of aromatic amines is 1. The second-order valence-corrected chi connectivity index (χ2v) is 5.80. The van der Waals surface area contributed by atoms with Crippen LogP contribution in [0.25, 0.3) is 10.9 Å². The van der Waals surface area contributed by atoms with Gasteiger partial charge in [-0.2, -0.15) is 0 Å². The minimum Gasteiger partial charge on any atom is -0.481 e. The van der Waals surface area contributed by atoms with Gasteiger partial charge in [-0.05, 0) is 12.1 Å². The lowest BCUT2D eigenvalue weighted by atomic mass is 10.2. The Morgan fingerprint density at radius 1 is 1.28 bits per heavy atom. The predicted octanol–water partition coefficient (Wildman–Crippen LogP) is -0.608. The number of amides is 1. The zero-order valence-electron chi connectivity index (χ0n) is 13.3. The third kappa shape index (κ3) is 3.61. The minimum atomic E-state index is -1.01. The van der Waals surface area contributed by atoms with Gasteiger partial charge in [0.1, 0.15) is 6.54 Å². The summed E-state index contributed by atoms with van der Waals surface area (Å²) >= 11 is 0. The van der Waals surface area contributed by atoms with Crippen LogP contribution in [0.1, 0.15) is 6.42 Å². The summed E-state index contributed by atoms with van der Waals surface area (Å²) in [4.78, 5) is 51.8. The molecule has 132 valence electrons. The molecule has 0 saturated carbocycles. The van der Waals surface area contributed by atoms with E-state index in [1.165, 1.54) is 4.90 Å². The van der Waals surface area contributed by atoms with Gasteiger partial charge in [0.05, 0.1) is 30.0 Å². The van der Waals surface area contributed by atoms with Crippen LogP contribution < -0.4 is 11.2 Å². The fraction of sp³-hybridized carbons (Fsp3) is 0.375. The van der Waals surface area contributed by atoms with E-state index in [1.54, 1.807) is 24.3 Å². The number of H-pyrrole nitrogens is 1. The number of para-hydroxylation sites is 1. The monoisotopic (exact) mass is 347 g/mol. The lowest BCUT2D eigenvalue weighted by Crippen LogP contribution is -2.49. The average molecular weight is 347 g/mol. The number of nitrogens with one attached hydrogen (secondary N) is 1. The summed E-state index contributed by atoms with van der Waals surface area (Å²) in [5.74, 6) is -1.44. The van der Waals surface area contributed by atoms with E-state index in [0.29, 0.717) is 10.9 Å². The standard InChI is InChI=1S/C16H17N3O6/c20-13(18-5-6-25-10(8-18)7-14(21)22)9-19-15(23)11-3-1-2-4-12(11)17-16(19)24/h1-4,10H,5-9H2,(H,17,24)(H,21,22)/t10-/m1/s1. The molecule has 1 saturated heterocycles. The number of carbonyl (C=O) groups excluding carboxylic acids is 1. The number of carbonyl (C=O) groups is 2. The van der Waals surface area contributed by atoms with Gasteiger partial charge in [-0.3, -0.25) is 19.0 Å². The van der Waals surface area contributed by atoms with Crippen LogP contribution in [0, 0.1) is 0 Å². The van der Waals surface area contributed by atoms with Crippen molar-refractivity contribution in [3.63, 3.8) is 0 Å². The van der Waals surface area contributed by atoms with E-state index < -0.39 is 35.8 Å². The molecule has 3 rings (SSSR count). The van der Waals surface area contributed by atoms with Gasteiger partial charge < -0.3 is 19.7 Å². The molecule has 1 atom stereocenters. The van der Waals surface area contributed by atoms with Crippen molar-refractivity contribution in [2.75, 3.05) is 19.7 Å². The third-order valence-corrected chi connectivity index (χ3v) is 4.08. The summed E-state index contributed by atoms with van der Waals surface area (Å²) in [6.07, 6.45) is -0.804. The summed E-state index contributed by atoms with van der Waals surface area (Å²) in [5.41, 5.74) is -0.787. The number of aliphatic carboxylic acids is 1. The number of carboxylic acid groups (broad SMARTS) is 1. The summed E-state index contributed by atoms with van der Waals surface area (Å²) in [6.45, 7) is 0.214. The lowest BCUT2D eigenvalue weighted by Gasteiger charge is -2.32. The largest absolute Gasteiger partial charge is 0.481 e. The first-order valence-corrected chi connectivity index (χ1v) is 7.78. The first-order valence-electron chi connectivity index (χ1n) is 7.78. The van der Waals surface area contributed by atoms with Crippen molar-refractivity contribution in [2.45, 2.75) is 19.1 Å². The smallest absolute Gasteiger partial charge is 0.329 e. The Bertz CT molecular complexity index is 931. The van der Waals surface area contributed by atoms with Crippen LogP contribution in [0.2, 0.25) is 0 Å². The normalized spacial score (nSPS) is 17.6. The molecule has 0 unspecified atom stereocenters. The van der Waals surface area contributed by atoms with Gasteiger partial charge in [-0.1, -0.05) is 12.1 Å². The van der Waals surface area contributed by atoms with E-state index in [0.717, 1.165) is 4.57 Å². The molecule has 1 aliphatic rings. The summed E-state index contributed by atoms with van der Waals surface area (Å²) in [5, 5.41) is 9.14. The number of hydrogen-bond acceptors (Lipinski definition) is 5. The Kier molecular flexibility index (Phi) is 4.66. The van der Waals surface area contributed by atoms with Crippen LogP contribution in [0.4, 0.5) is 0 Å². The van der Waals surface area contributed by atoms with Crippen LogP contribution in [-0.2, 0) is 20.9 Å². The van der Waals surface area contributed by atoms with Crippen LogP contribution >= 0.6 is 0 Å². The Morgan fingerprint density at radius 2 is 2.04 bits per heavy atom. The SMILES string of the molecule is O=C(O)C[C@@H]1CN(C(=O)Cn2c(=O)[nH]c3ccccc3c2=O)CCO1. The highest BCUT2D eigenvalue weighted by atomic mass is 16.5. The molecule has 2 aromatic rings. The first-order chi connectivity index (χ1) is 12.0. The number of morpholine rings is 1. The van der Waals surface area contributed by atoms with E-state index in [-0.39, 0.29) is 26.1 Å². The number of ether oxygens (including phenoxy) is 1. The highest BCUT2D eigenvalue weighted by Gasteiger charge is 2.26. The van der Waals surface area contributed by atoms with Gasteiger partial charge in [0.25, 0.3) is 5.56 Å². The van der Waals surface area contributed by atoms with E-state index in [2.05, 4.69) is 4.98 Å². The number of nitrogens with zero attached hydrogens (tertiary/aromatic N) is 2. The molecular weight excluding hydrogens is 330 g/mol. The quantitative estimate of drug-likeness (QED) is 0.761. The topological polar surface area (TPSA) is 122 Å². The highest BCUT2D eigenvalue weighted by molar-refractivity contribution is 5.79.